The Labute approximate surface area is 314 Å². The molecule has 0 aromatic heterocycles. The number of carboxylic acids is 6. The molecule has 0 atom stereocenters. The van der Waals surface area contributed by atoms with E-state index in [1.54, 1.807) is 0 Å². The predicted octanol–water partition coefficient (Wildman–Crippen LogP) is -18.9. The third-order valence-corrected chi connectivity index (χ3v) is 4.31. The van der Waals surface area contributed by atoms with Gasteiger partial charge in [0.15, 0.2) is 0 Å². The maximum Gasteiger partial charge on any atom is 4.00 e. The number of hydrogen-bond donors (Lipinski definition) is 0. The van der Waals surface area contributed by atoms with Crippen molar-refractivity contribution in [3.05, 3.63) is 0 Å². The van der Waals surface area contributed by atoms with Crippen molar-refractivity contribution in [1.29, 1.82) is 0 Å². The van der Waals surface area contributed by atoms with Gasteiger partial charge < -0.3 is 125 Å². The second-order valence-corrected chi connectivity index (χ2v) is 7.21. The summed E-state index contributed by atoms with van der Waals surface area (Å²) in [5, 5.41) is 65.1. The first kappa shape index (κ1) is 103. The molecular weight excluding hydrogens is 809 g/mol. The fourth-order valence-corrected chi connectivity index (χ4v) is 2.91. The predicted molar refractivity (Wildman–Crippen MR) is 135 cm³/mol. The maximum absolute atomic E-state index is 11.0. The molecule has 0 spiro atoms. The SMILES string of the molecule is O.O.O.O.O=C([O-])CN(CCN(CCN(CC(=O)[O-])CC(=O)[O-])CC(=O)[O-])CCN(CC(=O)[O-])CC(=O)[O-].[O-2].[O-2].[OH-].[OH-].[OH3+].[OH3+].[OH3+].[OH3+].[V+4].[V+4].[V+4]. The first-order valence-electron chi connectivity index (χ1n) is 9.87. The van der Waals surface area contributed by atoms with Gasteiger partial charge in [0.05, 0.1) is 35.8 Å². The second kappa shape index (κ2) is 58.2. The van der Waals surface area contributed by atoms with Gasteiger partial charge in [-0.2, -0.15) is 0 Å². The normalized spacial score (nSPS) is 7.84. The standard InChI is InChI=1S/C18H30N4O12.10H2O.2O.3V/c23-13(24)7-19(3-5-21(9-15(27)28)10-16(29)30)1-2-20(8-14(25)26)4-6-22(11-17(31)32)12-18(33)34;;;;;;;;;;;;;;;/h1-12H2,(H,23,24)(H,25,26)(H,27,28)(H,29,30)(H,31,32)(H,33,34);10*1H2;;;;;/q;;;;;;;;;;;2*-2;3*+4/p-4. The van der Waals surface area contributed by atoms with Crippen LogP contribution in [0.25, 0.3) is 0 Å². The molecular formula is C18H46N4O24V3+4. The summed E-state index contributed by atoms with van der Waals surface area (Å²) in [7, 11) is 0. The summed E-state index contributed by atoms with van der Waals surface area (Å²) in [5.41, 5.74) is 0. The van der Waals surface area contributed by atoms with Crippen LogP contribution in [0.1, 0.15) is 0 Å². The summed E-state index contributed by atoms with van der Waals surface area (Å²) in [6.07, 6.45) is 0. The molecule has 0 saturated heterocycles. The molecule has 28 nitrogen and oxygen atoms in total. The van der Waals surface area contributed by atoms with Gasteiger partial charge in [0.25, 0.3) is 0 Å². The number of aliphatic carboxylic acids is 6. The van der Waals surface area contributed by atoms with Crippen molar-refractivity contribution in [3.63, 3.8) is 0 Å². The van der Waals surface area contributed by atoms with Gasteiger partial charge >= 0.3 is 55.7 Å². The average Bonchev–Trinajstić information content (AvgIpc) is 2.64. The molecule has 22 N–H and O–H groups in total. The number of carbonyl (C=O) groups is 6. The van der Waals surface area contributed by atoms with Crippen LogP contribution in [0.15, 0.2) is 0 Å². The smallest absolute Gasteiger partial charge is 2.00 e. The minimum atomic E-state index is -1.56. The Morgan fingerprint density at radius 2 is 0.429 bits per heavy atom. The molecule has 0 bridgehead atoms. The summed E-state index contributed by atoms with van der Waals surface area (Å²) in [4.78, 5) is 69.4. The van der Waals surface area contributed by atoms with Gasteiger partial charge in [-0.05, 0) is 0 Å². The molecule has 0 saturated carbocycles. The molecule has 0 aromatic rings. The van der Waals surface area contributed by atoms with E-state index in [0.717, 1.165) is 9.80 Å². The van der Waals surface area contributed by atoms with E-state index in [1.807, 2.05) is 0 Å². The molecule has 0 fully saturated rings. The second-order valence-electron chi connectivity index (χ2n) is 7.21. The van der Waals surface area contributed by atoms with Gasteiger partial charge in [-0.1, -0.05) is 0 Å². The van der Waals surface area contributed by atoms with E-state index in [1.165, 1.54) is 9.80 Å². The zero-order chi connectivity index (χ0) is 26.3. The van der Waals surface area contributed by atoms with Crippen LogP contribution < -0.4 is 30.6 Å². The van der Waals surface area contributed by atoms with Crippen molar-refractivity contribution in [2.24, 2.45) is 0 Å². The molecule has 0 unspecified atom stereocenters. The summed E-state index contributed by atoms with van der Waals surface area (Å²) in [5.74, 6) is -9.27. The number of carboxylic acid groups (broad SMARTS) is 6. The largest absolute Gasteiger partial charge is 4.00 e. The van der Waals surface area contributed by atoms with Crippen molar-refractivity contribution >= 4 is 35.8 Å². The minimum Gasteiger partial charge on any atom is -2.00 e. The van der Waals surface area contributed by atoms with Crippen LogP contribution in [-0.2, 0) is 117 Å². The van der Waals surface area contributed by atoms with Crippen molar-refractivity contribution in [1.82, 2.24) is 19.6 Å². The van der Waals surface area contributed by atoms with Gasteiger partial charge in [-0.3, -0.25) is 19.6 Å². The Morgan fingerprint density at radius 1 is 0.327 bits per heavy atom. The van der Waals surface area contributed by atoms with E-state index in [2.05, 4.69) is 0 Å². The Bertz CT molecular complexity index is 670. The molecule has 0 heterocycles. The topological polar surface area (TPSA) is 629 Å². The summed E-state index contributed by atoms with van der Waals surface area (Å²) >= 11 is 0. The van der Waals surface area contributed by atoms with E-state index < -0.39 is 75.1 Å². The van der Waals surface area contributed by atoms with Crippen molar-refractivity contribution in [2.45, 2.75) is 0 Å². The van der Waals surface area contributed by atoms with E-state index in [4.69, 9.17) is 0 Å². The first-order chi connectivity index (χ1) is 15.8. The molecule has 0 amide bonds. The van der Waals surface area contributed by atoms with E-state index in [-0.39, 0.29) is 161 Å². The van der Waals surface area contributed by atoms with Crippen LogP contribution in [0, 0.1) is 0 Å². The van der Waals surface area contributed by atoms with Crippen LogP contribution in [0.5, 0.6) is 0 Å². The molecule has 49 heavy (non-hydrogen) atoms. The van der Waals surface area contributed by atoms with E-state index >= 15 is 0 Å². The fourth-order valence-electron chi connectivity index (χ4n) is 2.91. The van der Waals surface area contributed by atoms with Crippen LogP contribution >= 0.6 is 0 Å². The summed E-state index contributed by atoms with van der Waals surface area (Å²) in [6.45, 7) is -5.22. The number of nitrogens with zero attached hydrogens (tertiary/aromatic N) is 4. The minimum absolute atomic E-state index is 0. The number of rotatable bonds is 21. The quantitative estimate of drug-likeness (QED) is 0.0967. The van der Waals surface area contributed by atoms with Gasteiger partial charge in [-0.15, -0.1) is 0 Å². The van der Waals surface area contributed by atoms with Crippen LogP contribution in [0.3, 0.4) is 0 Å². The molecule has 0 aliphatic carbocycles. The van der Waals surface area contributed by atoms with Crippen LogP contribution in [0.4, 0.5) is 0 Å². The Morgan fingerprint density at radius 3 is 0.551 bits per heavy atom. The van der Waals surface area contributed by atoms with Gasteiger partial charge in [0, 0.05) is 78.5 Å². The Hall–Kier alpha value is -2.07. The van der Waals surface area contributed by atoms with Crippen molar-refractivity contribution < 1.29 is 181 Å². The average molecular weight is 855 g/mol. The monoisotopic (exact) mass is 855 g/mol. The van der Waals surface area contributed by atoms with Crippen molar-refractivity contribution in [3.8, 4) is 0 Å². The van der Waals surface area contributed by atoms with Gasteiger partial charge in [0.1, 0.15) is 0 Å². The molecule has 31 heteroatoms. The van der Waals surface area contributed by atoms with Crippen LogP contribution in [-0.4, -0.2) is 167 Å². The number of carbonyl (C=O) groups excluding carboxylic acids is 6. The molecule has 0 aliphatic heterocycles. The van der Waals surface area contributed by atoms with Gasteiger partial charge in [0.2, 0.25) is 0 Å². The molecule has 293 valence electrons. The summed E-state index contributed by atoms with van der Waals surface area (Å²) in [6, 6.07) is 0. The van der Waals surface area contributed by atoms with E-state index in [9.17, 15) is 59.4 Å². The third-order valence-electron chi connectivity index (χ3n) is 4.31. The first-order valence-corrected chi connectivity index (χ1v) is 9.87. The van der Waals surface area contributed by atoms with Crippen molar-refractivity contribution in [2.75, 3.05) is 78.5 Å². The number of hydrogen-bond acceptors (Lipinski definition) is 18. The Kier molecular flexibility index (Phi) is 123. The fraction of sp³-hybridized carbons (Fsp3) is 0.667. The van der Waals surface area contributed by atoms with Crippen LogP contribution in [0.2, 0.25) is 0 Å². The molecule has 0 rings (SSSR count). The third kappa shape index (κ3) is 65.0. The zero-order valence-corrected chi connectivity index (χ0v) is 29.7. The van der Waals surface area contributed by atoms with E-state index in [0.29, 0.717) is 0 Å². The Balaban J connectivity index is -0.0000000519. The molecule has 0 aliphatic rings. The summed E-state index contributed by atoms with van der Waals surface area (Å²) < 4.78 is 0. The van der Waals surface area contributed by atoms with Gasteiger partial charge in [-0.25, -0.2) is 0 Å². The maximum atomic E-state index is 11.0. The zero-order valence-electron chi connectivity index (χ0n) is 25.5. The molecule has 3 radical (unpaired) electrons. The molecule has 0 aromatic carbocycles.